The Hall–Kier alpha value is -3.47. The molecule has 5 heteroatoms. The Morgan fingerprint density at radius 3 is 2.27 bits per heavy atom. The molecule has 1 aliphatic rings. The number of hydrogen-bond acceptors (Lipinski definition) is 5. The summed E-state index contributed by atoms with van der Waals surface area (Å²) in [6.07, 6.45) is 0. The van der Waals surface area contributed by atoms with Crippen molar-refractivity contribution in [2.75, 3.05) is 14.2 Å². The van der Waals surface area contributed by atoms with Crippen LogP contribution in [0.3, 0.4) is 0 Å². The molecule has 0 atom stereocenters. The van der Waals surface area contributed by atoms with Crippen molar-refractivity contribution in [1.29, 1.82) is 0 Å². The Kier molecular flexibility index (Phi) is 3.77. The van der Waals surface area contributed by atoms with Crippen molar-refractivity contribution in [3.63, 3.8) is 0 Å². The van der Waals surface area contributed by atoms with E-state index in [0.717, 1.165) is 5.56 Å². The van der Waals surface area contributed by atoms with Gasteiger partial charge in [0.25, 0.3) is 0 Å². The number of nitrogens with zero attached hydrogens (tertiary/aromatic N) is 1. The summed E-state index contributed by atoms with van der Waals surface area (Å²) < 4.78 is 10.6. The lowest BCUT2D eigenvalue weighted by Crippen LogP contribution is -2.23. The fourth-order valence-corrected chi connectivity index (χ4v) is 3.12. The molecule has 2 aromatic carbocycles. The second-order valence-electron chi connectivity index (χ2n) is 5.87. The van der Waals surface area contributed by atoms with E-state index in [1.807, 2.05) is 30.3 Å². The quantitative estimate of drug-likeness (QED) is 0.568. The molecule has 128 valence electrons. The van der Waals surface area contributed by atoms with Crippen molar-refractivity contribution >= 4 is 11.6 Å². The summed E-state index contributed by atoms with van der Waals surface area (Å²) in [5, 5.41) is 0. The van der Waals surface area contributed by atoms with Gasteiger partial charge in [-0.05, 0) is 18.2 Å². The summed E-state index contributed by atoms with van der Waals surface area (Å²) >= 11 is 0. The first-order chi connectivity index (χ1) is 12.6. The molecule has 0 radical (unpaired) electrons. The summed E-state index contributed by atoms with van der Waals surface area (Å²) in [6, 6.07) is 16.0. The topological polar surface area (TPSA) is 65.5 Å². The standard InChI is InChI=1S/C21H15NO4/c1-25-13-8-9-14-15(10-13)21(24)19-18(20(14)23)17(26-2)11-16(22-19)12-6-4-3-5-7-12/h3-11H,1-2H3. The van der Waals surface area contributed by atoms with Crippen LogP contribution in [-0.4, -0.2) is 30.8 Å². The lowest BCUT2D eigenvalue weighted by atomic mass is 9.86. The van der Waals surface area contributed by atoms with Gasteiger partial charge in [-0.3, -0.25) is 9.59 Å². The number of pyridine rings is 1. The van der Waals surface area contributed by atoms with Crippen LogP contribution in [0, 0.1) is 0 Å². The van der Waals surface area contributed by atoms with Crippen molar-refractivity contribution < 1.29 is 19.1 Å². The molecule has 5 nitrogen and oxygen atoms in total. The highest BCUT2D eigenvalue weighted by Crippen LogP contribution is 2.36. The Labute approximate surface area is 150 Å². The van der Waals surface area contributed by atoms with Crippen LogP contribution >= 0.6 is 0 Å². The molecule has 4 rings (SSSR count). The number of fused-ring (bicyclic) bond motifs is 2. The van der Waals surface area contributed by atoms with Gasteiger partial charge in [0.2, 0.25) is 5.78 Å². The van der Waals surface area contributed by atoms with E-state index in [2.05, 4.69) is 4.98 Å². The number of aromatic nitrogens is 1. The number of rotatable bonds is 3. The van der Waals surface area contributed by atoms with E-state index in [1.165, 1.54) is 14.2 Å². The molecular formula is C21H15NO4. The number of hydrogen-bond donors (Lipinski definition) is 0. The van der Waals surface area contributed by atoms with Crippen LogP contribution < -0.4 is 9.47 Å². The summed E-state index contributed by atoms with van der Waals surface area (Å²) in [5.41, 5.74) is 2.35. The molecule has 1 heterocycles. The lowest BCUT2D eigenvalue weighted by Gasteiger charge is -2.20. The molecule has 0 saturated carbocycles. The van der Waals surface area contributed by atoms with Gasteiger partial charge in [0.1, 0.15) is 17.2 Å². The molecule has 1 aromatic heterocycles. The highest BCUT2D eigenvalue weighted by Gasteiger charge is 2.34. The third-order valence-corrected chi connectivity index (χ3v) is 4.43. The van der Waals surface area contributed by atoms with E-state index in [0.29, 0.717) is 28.3 Å². The largest absolute Gasteiger partial charge is 0.497 e. The van der Waals surface area contributed by atoms with E-state index < -0.39 is 0 Å². The van der Waals surface area contributed by atoms with Gasteiger partial charge in [-0.2, -0.15) is 0 Å². The monoisotopic (exact) mass is 345 g/mol. The zero-order valence-corrected chi connectivity index (χ0v) is 14.3. The molecular weight excluding hydrogens is 330 g/mol. The number of carbonyl (C=O) groups excluding carboxylic acids is 2. The number of methoxy groups -OCH3 is 2. The number of carbonyl (C=O) groups is 2. The number of benzene rings is 2. The Bertz CT molecular complexity index is 1040. The molecule has 0 unspecified atom stereocenters. The van der Waals surface area contributed by atoms with E-state index in [1.54, 1.807) is 24.3 Å². The average Bonchev–Trinajstić information content (AvgIpc) is 2.71. The summed E-state index contributed by atoms with van der Waals surface area (Å²) in [7, 11) is 2.99. The molecule has 0 spiro atoms. The SMILES string of the molecule is COc1ccc2c(c1)C(=O)c1nc(-c3ccccc3)cc(OC)c1C2=O. The fraction of sp³-hybridized carbons (Fsp3) is 0.0952. The van der Waals surface area contributed by atoms with Crippen molar-refractivity contribution in [3.05, 3.63) is 77.0 Å². The van der Waals surface area contributed by atoms with Gasteiger partial charge in [-0.1, -0.05) is 30.3 Å². The Morgan fingerprint density at radius 2 is 1.58 bits per heavy atom. The van der Waals surface area contributed by atoms with Crippen LogP contribution in [0.2, 0.25) is 0 Å². The minimum absolute atomic E-state index is 0.106. The maximum atomic E-state index is 13.0. The van der Waals surface area contributed by atoms with Crippen LogP contribution in [0.4, 0.5) is 0 Å². The Morgan fingerprint density at radius 1 is 0.808 bits per heavy atom. The molecule has 0 amide bonds. The van der Waals surface area contributed by atoms with Crippen LogP contribution in [0.15, 0.2) is 54.6 Å². The predicted octanol–water partition coefficient (Wildman–Crippen LogP) is 3.54. The van der Waals surface area contributed by atoms with Crippen LogP contribution in [0.25, 0.3) is 11.3 Å². The predicted molar refractivity (Wildman–Crippen MR) is 96.1 cm³/mol. The van der Waals surface area contributed by atoms with Gasteiger partial charge in [-0.25, -0.2) is 4.98 Å². The molecule has 1 aliphatic carbocycles. The summed E-state index contributed by atoms with van der Waals surface area (Å²) in [5.74, 6) is 0.263. The third-order valence-electron chi connectivity index (χ3n) is 4.43. The minimum Gasteiger partial charge on any atom is -0.497 e. The maximum absolute atomic E-state index is 13.0. The van der Waals surface area contributed by atoms with E-state index in [4.69, 9.17) is 9.47 Å². The second kappa shape index (κ2) is 6.11. The van der Waals surface area contributed by atoms with Crippen molar-refractivity contribution in [1.82, 2.24) is 4.98 Å². The first-order valence-corrected chi connectivity index (χ1v) is 8.06. The molecule has 0 N–H and O–H groups in total. The first kappa shape index (κ1) is 16.0. The molecule has 0 bridgehead atoms. The number of ketones is 2. The van der Waals surface area contributed by atoms with Crippen LogP contribution in [-0.2, 0) is 0 Å². The molecule has 0 fully saturated rings. The highest BCUT2D eigenvalue weighted by atomic mass is 16.5. The average molecular weight is 345 g/mol. The highest BCUT2D eigenvalue weighted by molar-refractivity contribution is 6.28. The van der Waals surface area contributed by atoms with E-state index in [9.17, 15) is 9.59 Å². The molecule has 26 heavy (non-hydrogen) atoms. The van der Waals surface area contributed by atoms with Gasteiger partial charge < -0.3 is 9.47 Å². The van der Waals surface area contributed by atoms with Gasteiger partial charge in [0.15, 0.2) is 5.78 Å². The van der Waals surface area contributed by atoms with Crippen molar-refractivity contribution in [2.45, 2.75) is 0 Å². The van der Waals surface area contributed by atoms with Gasteiger partial charge in [-0.15, -0.1) is 0 Å². The van der Waals surface area contributed by atoms with Crippen molar-refractivity contribution in [3.8, 4) is 22.8 Å². The smallest absolute Gasteiger partial charge is 0.213 e. The molecule has 0 aliphatic heterocycles. The zero-order chi connectivity index (χ0) is 18.3. The maximum Gasteiger partial charge on any atom is 0.213 e. The second-order valence-corrected chi connectivity index (χ2v) is 5.87. The minimum atomic E-state index is -0.315. The van der Waals surface area contributed by atoms with Crippen LogP contribution in [0.5, 0.6) is 11.5 Å². The molecule has 0 saturated heterocycles. The summed E-state index contributed by atoms with van der Waals surface area (Å²) in [4.78, 5) is 30.5. The third kappa shape index (κ3) is 2.37. The van der Waals surface area contributed by atoms with Gasteiger partial charge in [0.05, 0.1) is 25.5 Å². The van der Waals surface area contributed by atoms with Crippen molar-refractivity contribution in [2.24, 2.45) is 0 Å². The number of ether oxygens (including phenoxy) is 2. The van der Waals surface area contributed by atoms with E-state index in [-0.39, 0.29) is 22.8 Å². The van der Waals surface area contributed by atoms with Crippen LogP contribution in [0.1, 0.15) is 32.0 Å². The zero-order valence-electron chi connectivity index (χ0n) is 14.3. The van der Waals surface area contributed by atoms with Gasteiger partial charge in [0, 0.05) is 22.8 Å². The first-order valence-electron chi connectivity index (χ1n) is 8.06. The summed E-state index contributed by atoms with van der Waals surface area (Å²) in [6.45, 7) is 0. The van der Waals surface area contributed by atoms with E-state index >= 15 is 0 Å². The Balaban J connectivity index is 1.96. The lowest BCUT2D eigenvalue weighted by molar-refractivity contribution is 0.0972. The van der Waals surface area contributed by atoms with Gasteiger partial charge >= 0.3 is 0 Å². The fourth-order valence-electron chi connectivity index (χ4n) is 3.12. The molecule has 3 aromatic rings. The normalized spacial score (nSPS) is 12.4.